The van der Waals surface area contributed by atoms with Crippen LogP contribution < -0.4 is 0 Å². The first kappa shape index (κ1) is 14.0. The fourth-order valence-corrected chi connectivity index (χ4v) is 2.40. The molecule has 0 unspecified atom stereocenters. The van der Waals surface area contributed by atoms with Gasteiger partial charge in [0.25, 0.3) is 0 Å². The van der Waals surface area contributed by atoms with E-state index < -0.39 is 0 Å². The zero-order valence-electron chi connectivity index (χ0n) is 10.9. The van der Waals surface area contributed by atoms with Crippen LogP contribution in [0.3, 0.4) is 0 Å². The number of likely N-dealkylation sites (tertiary alicyclic amines) is 1. The maximum atomic E-state index is 2.46. The van der Waals surface area contributed by atoms with Crippen LogP contribution in [0.2, 0.25) is 0 Å². The minimum atomic E-state index is 0.710. The number of piperidine rings is 1. The van der Waals surface area contributed by atoms with Gasteiger partial charge in [0, 0.05) is 0 Å². The van der Waals surface area contributed by atoms with Crippen molar-refractivity contribution in [2.75, 3.05) is 20.1 Å². The molecule has 1 aliphatic heterocycles. The second-order valence-corrected chi connectivity index (χ2v) is 4.41. The van der Waals surface area contributed by atoms with E-state index in [1.807, 2.05) is 13.8 Å². The number of nitrogens with zero attached hydrogens (tertiary/aromatic N) is 1. The summed E-state index contributed by atoms with van der Waals surface area (Å²) in [5.74, 6) is 0. The van der Waals surface area contributed by atoms with Crippen molar-refractivity contribution in [1.82, 2.24) is 4.90 Å². The van der Waals surface area contributed by atoms with Gasteiger partial charge in [-0.05, 0) is 44.8 Å². The molecule has 1 heterocycles. The Bertz CT molecular complexity index is 123. The molecule has 0 saturated carbocycles. The van der Waals surface area contributed by atoms with Crippen molar-refractivity contribution in [3.8, 4) is 0 Å². The maximum Gasteiger partial charge on any atom is -0.00165 e. The number of rotatable bonds is 3. The smallest absolute Gasteiger partial charge is 0.00165 e. The van der Waals surface area contributed by atoms with Crippen LogP contribution in [-0.4, -0.2) is 25.0 Å². The van der Waals surface area contributed by atoms with Crippen molar-refractivity contribution in [1.29, 1.82) is 0 Å². The lowest BCUT2D eigenvalue weighted by atomic mass is 9.73. The Hall–Kier alpha value is -0.0400. The van der Waals surface area contributed by atoms with Gasteiger partial charge >= 0.3 is 0 Å². The second-order valence-electron chi connectivity index (χ2n) is 4.41. The van der Waals surface area contributed by atoms with E-state index >= 15 is 0 Å². The Balaban J connectivity index is 0.000000791. The summed E-state index contributed by atoms with van der Waals surface area (Å²) in [6.45, 7) is 11.3. The molecule has 0 aromatic rings. The van der Waals surface area contributed by atoms with Gasteiger partial charge < -0.3 is 4.90 Å². The van der Waals surface area contributed by atoms with Gasteiger partial charge in [0.1, 0.15) is 0 Å². The number of hydrogen-bond acceptors (Lipinski definition) is 1. The molecule has 0 aliphatic carbocycles. The van der Waals surface area contributed by atoms with Gasteiger partial charge in [-0.3, -0.25) is 0 Å². The van der Waals surface area contributed by atoms with Crippen LogP contribution in [0.15, 0.2) is 0 Å². The third kappa shape index (κ3) is 4.00. The van der Waals surface area contributed by atoms with Crippen LogP contribution in [-0.2, 0) is 0 Å². The minimum Gasteiger partial charge on any atom is -0.306 e. The minimum absolute atomic E-state index is 0.710. The van der Waals surface area contributed by atoms with Crippen LogP contribution in [0, 0.1) is 5.41 Å². The Labute approximate surface area is 90.9 Å². The zero-order chi connectivity index (χ0) is 11.0. The molecule has 0 aromatic heterocycles. The van der Waals surface area contributed by atoms with Crippen LogP contribution in [0.4, 0.5) is 0 Å². The topological polar surface area (TPSA) is 3.24 Å². The van der Waals surface area contributed by atoms with Gasteiger partial charge in [-0.1, -0.05) is 40.5 Å². The molecule has 0 atom stereocenters. The van der Waals surface area contributed by atoms with Gasteiger partial charge in [0.05, 0.1) is 0 Å². The molecule has 86 valence electrons. The fraction of sp³-hybridized carbons (Fsp3) is 1.00. The second kappa shape index (κ2) is 7.28. The highest BCUT2D eigenvalue weighted by atomic mass is 15.1. The molecule has 0 amide bonds. The molecule has 1 nitrogen and oxygen atoms in total. The predicted octanol–water partition coefficient (Wildman–Crippen LogP) is 3.93. The summed E-state index contributed by atoms with van der Waals surface area (Å²) in [6.07, 6.45) is 7.03. The Morgan fingerprint density at radius 3 is 1.93 bits per heavy atom. The lowest BCUT2D eigenvalue weighted by Crippen LogP contribution is -2.37. The Kier molecular flexibility index (Phi) is 7.26. The Morgan fingerprint density at radius 2 is 1.57 bits per heavy atom. The van der Waals surface area contributed by atoms with Crippen LogP contribution >= 0.6 is 0 Å². The molecule has 0 radical (unpaired) electrons. The molecule has 0 N–H and O–H groups in total. The van der Waals surface area contributed by atoms with E-state index in [2.05, 4.69) is 25.8 Å². The average Bonchev–Trinajstić information content (AvgIpc) is 2.25. The molecule has 0 bridgehead atoms. The highest BCUT2D eigenvalue weighted by molar-refractivity contribution is 4.83. The molecule has 1 aliphatic rings. The lowest BCUT2D eigenvalue weighted by Gasteiger charge is -2.40. The predicted molar refractivity (Wildman–Crippen MR) is 65.7 cm³/mol. The summed E-state index contributed by atoms with van der Waals surface area (Å²) in [5.41, 5.74) is 0.710. The highest BCUT2D eigenvalue weighted by Gasteiger charge is 2.30. The summed E-state index contributed by atoms with van der Waals surface area (Å²) in [4.78, 5) is 2.46. The first-order chi connectivity index (χ1) is 6.72. The quantitative estimate of drug-likeness (QED) is 0.665. The largest absolute Gasteiger partial charge is 0.306 e. The first-order valence-corrected chi connectivity index (χ1v) is 6.41. The van der Waals surface area contributed by atoms with Crippen molar-refractivity contribution in [2.45, 2.75) is 59.8 Å². The van der Waals surface area contributed by atoms with E-state index in [-0.39, 0.29) is 0 Å². The molecule has 1 fully saturated rings. The van der Waals surface area contributed by atoms with E-state index in [1.165, 1.54) is 45.2 Å². The summed E-state index contributed by atoms with van der Waals surface area (Å²) < 4.78 is 0. The highest BCUT2D eigenvalue weighted by Crippen LogP contribution is 2.38. The third-order valence-corrected chi connectivity index (χ3v) is 3.58. The van der Waals surface area contributed by atoms with Crippen LogP contribution in [0.5, 0.6) is 0 Å². The molecule has 0 spiro atoms. The summed E-state index contributed by atoms with van der Waals surface area (Å²) in [5, 5.41) is 0. The monoisotopic (exact) mass is 199 g/mol. The summed E-state index contributed by atoms with van der Waals surface area (Å²) in [6, 6.07) is 0. The fourth-order valence-electron chi connectivity index (χ4n) is 2.40. The van der Waals surface area contributed by atoms with Gasteiger partial charge in [-0.15, -0.1) is 0 Å². The zero-order valence-corrected chi connectivity index (χ0v) is 10.9. The van der Waals surface area contributed by atoms with E-state index in [0.717, 1.165) is 0 Å². The molecule has 1 rings (SSSR count). The normalized spacial score (nSPS) is 21.2. The summed E-state index contributed by atoms with van der Waals surface area (Å²) >= 11 is 0. The third-order valence-electron chi connectivity index (χ3n) is 3.58. The van der Waals surface area contributed by atoms with Gasteiger partial charge in [-0.2, -0.15) is 0 Å². The van der Waals surface area contributed by atoms with E-state index in [0.29, 0.717) is 5.41 Å². The molecule has 14 heavy (non-hydrogen) atoms. The molecule has 1 heteroatoms. The van der Waals surface area contributed by atoms with Crippen LogP contribution in [0.25, 0.3) is 0 Å². The first-order valence-electron chi connectivity index (χ1n) is 6.41. The van der Waals surface area contributed by atoms with Gasteiger partial charge in [0.2, 0.25) is 0 Å². The standard InChI is InChI=1S/C11H23N.C2H6/c1-4-6-11(5-2)7-9-12(3)10-8-11;1-2/h4-10H2,1-3H3;1-2H3. The van der Waals surface area contributed by atoms with Crippen molar-refractivity contribution in [2.24, 2.45) is 5.41 Å². The molecular weight excluding hydrogens is 170 g/mol. The van der Waals surface area contributed by atoms with E-state index in [1.54, 1.807) is 0 Å². The molecule has 0 aromatic carbocycles. The van der Waals surface area contributed by atoms with E-state index in [4.69, 9.17) is 0 Å². The van der Waals surface area contributed by atoms with Crippen LogP contribution in [0.1, 0.15) is 59.8 Å². The maximum absolute atomic E-state index is 2.46. The van der Waals surface area contributed by atoms with Gasteiger partial charge in [0.15, 0.2) is 0 Å². The van der Waals surface area contributed by atoms with Crippen molar-refractivity contribution >= 4 is 0 Å². The van der Waals surface area contributed by atoms with Crippen molar-refractivity contribution in [3.05, 3.63) is 0 Å². The van der Waals surface area contributed by atoms with E-state index in [9.17, 15) is 0 Å². The number of hydrogen-bond donors (Lipinski definition) is 0. The van der Waals surface area contributed by atoms with Gasteiger partial charge in [-0.25, -0.2) is 0 Å². The van der Waals surface area contributed by atoms with Crippen molar-refractivity contribution < 1.29 is 0 Å². The molecule has 1 saturated heterocycles. The summed E-state index contributed by atoms with van der Waals surface area (Å²) in [7, 11) is 2.24. The SMILES string of the molecule is CC.CCCC1(CC)CCN(C)CC1. The Morgan fingerprint density at radius 1 is 1.07 bits per heavy atom. The molecular formula is C13H29N. The van der Waals surface area contributed by atoms with Crippen molar-refractivity contribution in [3.63, 3.8) is 0 Å². The average molecular weight is 199 g/mol. The lowest BCUT2D eigenvalue weighted by molar-refractivity contribution is 0.107.